The van der Waals surface area contributed by atoms with Crippen molar-refractivity contribution in [1.29, 1.82) is 0 Å². The maximum absolute atomic E-state index is 12.4. The predicted octanol–water partition coefficient (Wildman–Crippen LogP) is 0.793. The third kappa shape index (κ3) is 3.53. The Labute approximate surface area is 152 Å². The van der Waals surface area contributed by atoms with E-state index in [4.69, 9.17) is 0 Å². The number of amides is 5. The lowest BCUT2D eigenvalue weighted by Gasteiger charge is -2.19. The first kappa shape index (κ1) is 17.5. The number of nitrogens with zero attached hydrogens (tertiary/aromatic N) is 1. The van der Waals surface area contributed by atoms with Crippen LogP contribution in [-0.4, -0.2) is 45.7 Å². The topological polar surface area (TPSA) is 123 Å². The Morgan fingerprint density at radius 1 is 1.24 bits per heavy atom. The molecule has 9 nitrogen and oxygen atoms in total. The minimum absolute atomic E-state index is 0.0256. The highest BCUT2D eigenvalue weighted by Gasteiger charge is 2.52. The van der Waals surface area contributed by atoms with Crippen LogP contribution in [0.3, 0.4) is 0 Å². The third-order valence-corrected chi connectivity index (χ3v) is 4.93. The van der Waals surface area contributed by atoms with E-state index in [1.54, 1.807) is 12.3 Å². The number of aromatic amines is 1. The summed E-state index contributed by atoms with van der Waals surface area (Å²) in [5, 5.41) is 2.75. The van der Waals surface area contributed by atoms with Crippen LogP contribution in [0.15, 0.2) is 16.7 Å². The molecule has 10 heteroatoms. The smallest absolute Gasteiger partial charge is 0.325 e. The van der Waals surface area contributed by atoms with Crippen LogP contribution < -0.4 is 16.2 Å². The predicted molar refractivity (Wildman–Crippen MR) is 90.2 cm³/mol. The van der Waals surface area contributed by atoms with Crippen molar-refractivity contribution < 1.29 is 19.2 Å². The second-order valence-electron chi connectivity index (χ2n) is 6.16. The van der Waals surface area contributed by atoms with Crippen LogP contribution in [0.2, 0.25) is 0 Å². The Balaban J connectivity index is 1.47. The summed E-state index contributed by atoms with van der Waals surface area (Å²) in [4.78, 5) is 51.9. The van der Waals surface area contributed by atoms with Gasteiger partial charge in [-0.05, 0) is 34.8 Å². The summed E-state index contributed by atoms with van der Waals surface area (Å²) < 4.78 is 0.711. The van der Waals surface area contributed by atoms with Crippen LogP contribution in [-0.2, 0) is 9.59 Å². The van der Waals surface area contributed by atoms with E-state index < -0.39 is 23.4 Å². The molecule has 0 unspecified atom stereocenters. The van der Waals surface area contributed by atoms with Gasteiger partial charge in [-0.15, -0.1) is 0 Å². The molecule has 134 valence electrons. The monoisotopic (exact) mass is 411 g/mol. The number of hydrazine groups is 1. The van der Waals surface area contributed by atoms with Gasteiger partial charge in [0, 0.05) is 23.6 Å². The van der Waals surface area contributed by atoms with E-state index in [9.17, 15) is 19.2 Å². The molecule has 1 spiro atoms. The van der Waals surface area contributed by atoms with Crippen molar-refractivity contribution in [3.8, 4) is 0 Å². The molecule has 0 bridgehead atoms. The first-order valence-electron chi connectivity index (χ1n) is 7.98. The molecular weight excluding hydrogens is 394 g/mol. The molecule has 2 heterocycles. The fraction of sp³-hybridized carbons (Fsp3) is 0.467. The van der Waals surface area contributed by atoms with Gasteiger partial charge in [0.05, 0.1) is 0 Å². The summed E-state index contributed by atoms with van der Waals surface area (Å²) >= 11 is 3.21. The zero-order valence-corrected chi connectivity index (χ0v) is 14.9. The molecule has 0 atom stereocenters. The van der Waals surface area contributed by atoms with E-state index in [1.807, 2.05) is 0 Å². The highest BCUT2D eigenvalue weighted by Crippen LogP contribution is 2.34. The molecule has 1 aromatic rings. The number of hydrogen-bond donors (Lipinski definition) is 4. The summed E-state index contributed by atoms with van der Waals surface area (Å²) in [5.41, 5.74) is 4.03. The number of H-pyrrole nitrogens is 1. The molecule has 2 aliphatic rings. The molecule has 2 fully saturated rings. The average Bonchev–Trinajstić information content (AvgIpc) is 3.27. The normalized spacial score (nSPS) is 18.5. The number of halogens is 1. The molecule has 4 N–H and O–H groups in total. The maximum atomic E-state index is 12.4. The number of urea groups is 1. The summed E-state index contributed by atoms with van der Waals surface area (Å²) in [5.74, 6) is -1.26. The Morgan fingerprint density at radius 2 is 1.96 bits per heavy atom. The summed E-state index contributed by atoms with van der Waals surface area (Å²) in [7, 11) is 0. The minimum Gasteiger partial charge on any atom is -0.356 e. The fourth-order valence-electron chi connectivity index (χ4n) is 3.17. The molecule has 3 rings (SSSR count). The van der Waals surface area contributed by atoms with Gasteiger partial charge < -0.3 is 10.3 Å². The van der Waals surface area contributed by atoms with Crippen molar-refractivity contribution >= 4 is 39.7 Å². The van der Waals surface area contributed by atoms with Crippen molar-refractivity contribution in [3.63, 3.8) is 0 Å². The first-order valence-corrected chi connectivity index (χ1v) is 8.78. The van der Waals surface area contributed by atoms with Gasteiger partial charge in [-0.25, -0.2) is 4.79 Å². The first-order chi connectivity index (χ1) is 11.9. The standard InChI is InChI=1S/C15H18BrN5O4/c16-9-7-10(17-8-9)12(23)20-19-11(22)3-6-21-13(24)15(18-14(21)25)4-1-2-5-15/h7-8,17H,1-6H2,(H,18,25)(H,19,22)(H,20,23). The van der Waals surface area contributed by atoms with Gasteiger partial charge in [0.1, 0.15) is 11.2 Å². The SMILES string of the molecule is O=C(CCN1C(=O)NC2(CCCC2)C1=O)NNC(=O)c1cc(Br)c[nH]1. The van der Waals surface area contributed by atoms with Crippen LogP contribution in [0.25, 0.3) is 0 Å². The van der Waals surface area contributed by atoms with Crippen molar-refractivity contribution in [2.45, 2.75) is 37.6 Å². The van der Waals surface area contributed by atoms with E-state index in [0.29, 0.717) is 17.3 Å². The number of nitrogens with one attached hydrogen (secondary N) is 4. The van der Waals surface area contributed by atoms with Crippen molar-refractivity contribution in [1.82, 2.24) is 26.1 Å². The van der Waals surface area contributed by atoms with Crippen molar-refractivity contribution in [2.24, 2.45) is 0 Å². The Hall–Kier alpha value is -2.36. The van der Waals surface area contributed by atoms with Gasteiger partial charge in [0.2, 0.25) is 5.91 Å². The Kier molecular flexibility index (Phi) is 4.80. The van der Waals surface area contributed by atoms with Gasteiger partial charge in [-0.3, -0.25) is 30.1 Å². The lowest BCUT2D eigenvalue weighted by Crippen LogP contribution is -2.45. The molecule has 0 aromatic carbocycles. The van der Waals surface area contributed by atoms with Gasteiger partial charge in [-0.2, -0.15) is 0 Å². The largest absolute Gasteiger partial charge is 0.356 e. The zero-order valence-electron chi connectivity index (χ0n) is 13.4. The molecule has 1 aliphatic heterocycles. The number of aromatic nitrogens is 1. The van der Waals surface area contributed by atoms with Gasteiger partial charge in [0.25, 0.3) is 11.8 Å². The van der Waals surface area contributed by atoms with Crippen LogP contribution in [0.5, 0.6) is 0 Å². The summed E-state index contributed by atoms with van der Waals surface area (Å²) in [6, 6.07) is 1.11. The summed E-state index contributed by atoms with van der Waals surface area (Å²) in [6.07, 6.45) is 4.59. The zero-order chi connectivity index (χ0) is 18.0. The quantitative estimate of drug-likeness (QED) is 0.431. The van der Waals surface area contributed by atoms with E-state index >= 15 is 0 Å². The molecule has 0 radical (unpaired) electrons. The Bertz CT molecular complexity index is 725. The van der Waals surface area contributed by atoms with Crippen LogP contribution >= 0.6 is 15.9 Å². The highest BCUT2D eigenvalue weighted by molar-refractivity contribution is 9.10. The third-order valence-electron chi connectivity index (χ3n) is 4.47. The maximum Gasteiger partial charge on any atom is 0.325 e. The van der Waals surface area contributed by atoms with E-state index in [2.05, 4.69) is 37.1 Å². The molecule has 1 aliphatic carbocycles. The molecular formula is C15H18BrN5O4. The molecule has 1 saturated carbocycles. The molecule has 1 saturated heterocycles. The highest BCUT2D eigenvalue weighted by atomic mass is 79.9. The lowest BCUT2D eigenvalue weighted by atomic mass is 9.98. The van der Waals surface area contributed by atoms with Crippen LogP contribution in [0, 0.1) is 0 Å². The number of hydrogen-bond acceptors (Lipinski definition) is 4. The average molecular weight is 412 g/mol. The van der Waals surface area contributed by atoms with Crippen molar-refractivity contribution in [2.75, 3.05) is 6.54 Å². The van der Waals surface area contributed by atoms with E-state index in [0.717, 1.165) is 17.7 Å². The van der Waals surface area contributed by atoms with Gasteiger partial charge in [-0.1, -0.05) is 12.8 Å². The van der Waals surface area contributed by atoms with Gasteiger partial charge >= 0.3 is 6.03 Å². The van der Waals surface area contributed by atoms with E-state index in [-0.39, 0.29) is 24.6 Å². The second kappa shape index (κ2) is 6.87. The number of carbonyl (C=O) groups is 4. The number of imide groups is 1. The van der Waals surface area contributed by atoms with Crippen LogP contribution in [0.4, 0.5) is 4.79 Å². The lowest BCUT2D eigenvalue weighted by molar-refractivity contribution is -0.131. The van der Waals surface area contributed by atoms with Gasteiger partial charge in [0.15, 0.2) is 0 Å². The number of carbonyl (C=O) groups excluding carboxylic acids is 4. The molecule has 1 aromatic heterocycles. The molecule has 5 amide bonds. The second-order valence-corrected chi connectivity index (χ2v) is 7.08. The van der Waals surface area contributed by atoms with Crippen molar-refractivity contribution in [3.05, 3.63) is 22.4 Å². The minimum atomic E-state index is -0.775. The number of rotatable bonds is 4. The Morgan fingerprint density at radius 3 is 2.60 bits per heavy atom. The van der Waals surface area contributed by atoms with Crippen LogP contribution in [0.1, 0.15) is 42.6 Å². The fourth-order valence-corrected chi connectivity index (χ4v) is 3.51. The molecule has 25 heavy (non-hydrogen) atoms. The summed E-state index contributed by atoms with van der Waals surface area (Å²) in [6.45, 7) is -0.0256. The van der Waals surface area contributed by atoms with E-state index in [1.165, 1.54) is 0 Å².